The molecule has 1 aliphatic heterocycles. The summed E-state index contributed by atoms with van der Waals surface area (Å²) in [6, 6.07) is 13.1. The Kier molecular flexibility index (Phi) is 5.77. The van der Waals surface area contributed by atoms with E-state index in [2.05, 4.69) is 27.0 Å². The van der Waals surface area contributed by atoms with Gasteiger partial charge in [-0.3, -0.25) is 4.79 Å². The minimum Gasteiger partial charge on any atom is -0.486 e. The number of piperidine rings is 1. The molecule has 9 heteroatoms. The van der Waals surface area contributed by atoms with Gasteiger partial charge in [0.25, 0.3) is 5.89 Å². The van der Waals surface area contributed by atoms with E-state index in [1.54, 1.807) is 12.1 Å². The molecule has 1 fully saturated rings. The minimum absolute atomic E-state index is 0.146. The van der Waals surface area contributed by atoms with Crippen LogP contribution in [0.4, 0.5) is 5.88 Å². The lowest BCUT2D eigenvalue weighted by atomic mass is 9.96. The van der Waals surface area contributed by atoms with Crippen LogP contribution in [0.1, 0.15) is 24.3 Å². The van der Waals surface area contributed by atoms with E-state index >= 15 is 0 Å². The van der Waals surface area contributed by atoms with Crippen LogP contribution in [0.2, 0.25) is 0 Å². The normalized spacial score (nSPS) is 14.5. The number of primary amides is 1. The van der Waals surface area contributed by atoms with Gasteiger partial charge in [0, 0.05) is 23.5 Å². The molecular weight excluding hydrogens is 452 g/mol. The zero-order chi connectivity index (χ0) is 21.1. The van der Waals surface area contributed by atoms with Crippen molar-refractivity contribution < 1.29 is 18.4 Å². The molecule has 0 bridgehead atoms. The monoisotopic (exact) mass is 470 g/mol. The molecule has 1 saturated heterocycles. The van der Waals surface area contributed by atoms with Crippen molar-refractivity contribution in [3.63, 3.8) is 0 Å². The first kappa shape index (κ1) is 20.0. The number of nitriles is 1. The van der Waals surface area contributed by atoms with E-state index < -0.39 is 0 Å². The first-order valence-corrected chi connectivity index (χ1v) is 10.3. The Bertz CT molecular complexity index is 1080. The van der Waals surface area contributed by atoms with Gasteiger partial charge in [0.1, 0.15) is 24.2 Å². The zero-order valence-electron chi connectivity index (χ0n) is 16.0. The minimum atomic E-state index is -0.290. The molecule has 1 aliphatic rings. The molecule has 0 radical (unpaired) electrons. The van der Waals surface area contributed by atoms with Crippen LogP contribution < -0.4 is 15.4 Å². The third kappa shape index (κ3) is 4.33. The van der Waals surface area contributed by atoms with E-state index in [9.17, 15) is 10.1 Å². The molecule has 8 nitrogen and oxygen atoms in total. The maximum atomic E-state index is 11.4. The Balaban J connectivity index is 1.45. The number of benzene rings is 1. The average Bonchev–Trinajstić information content (AvgIpc) is 3.40. The van der Waals surface area contributed by atoms with Crippen molar-refractivity contribution in [3.8, 4) is 23.5 Å². The summed E-state index contributed by atoms with van der Waals surface area (Å²) < 4.78 is 18.3. The van der Waals surface area contributed by atoms with Crippen molar-refractivity contribution in [2.24, 2.45) is 11.7 Å². The number of rotatable bonds is 6. The van der Waals surface area contributed by atoms with Gasteiger partial charge in [-0.15, -0.1) is 0 Å². The summed E-state index contributed by atoms with van der Waals surface area (Å²) in [6.45, 7) is 1.39. The maximum Gasteiger partial charge on any atom is 0.266 e. The smallest absolute Gasteiger partial charge is 0.266 e. The lowest BCUT2D eigenvalue weighted by molar-refractivity contribution is -0.122. The number of hydrogen-bond donors (Lipinski definition) is 1. The van der Waals surface area contributed by atoms with Crippen LogP contribution in [0.25, 0.3) is 11.7 Å². The van der Waals surface area contributed by atoms with E-state index in [0.29, 0.717) is 43.3 Å². The second kappa shape index (κ2) is 8.63. The summed E-state index contributed by atoms with van der Waals surface area (Å²) in [5, 5.41) is 9.46. The number of oxazole rings is 1. The van der Waals surface area contributed by atoms with Crippen LogP contribution >= 0.6 is 15.9 Å². The molecule has 2 N–H and O–H groups in total. The van der Waals surface area contributed by atoms with Crippen LogP contribution in [0.15, 0.2) is 49.7 Å². The highest BCUT2D eigenvalue weighted by atomic mass is 79.9. The standard InChI is InChI=1S/C21H19BrN4O4/c22-14-1-3-15(4-2-14)28-12-16-5-6-18(29-16)20-25-17(11-23)21(30-20)26-9-7-13(8-10-26)19(24)27/h1-6,13H,7-10,12H2,(H2,24,27). The predicted octanol–water partition coefficient (Wildman–Crippen LogP) is 3.85. The second-order valence-electron chi connectivity index (χ2n) is 6.96. The van der Waals surface area contributed by atoms with Crippen molar-refractivity contribution in [1.82, 2.24) is 4.98 Å². The van der Waals surface area contributed by atoms with E-state index in [1.807, 2.05) is 29.2 Å². The summed E-state index contributed by atoms with van der Waals surface area (Å²) in [4.78, 5) is 17.5. The van der Waals surface area contributed by atoms with Gasteiger partial charge in [0.15, 0.2) is 5.76 Å². The van der Waals surface area contributed by atoms with Gasteiger partial charge in [-0.05, 0) is 49.2 Å². The van der Waals surface area contributed by atoms with E-state index in [1.165, 1.54) is 0 Å². The van der Waals surface area contributed by atoms with Gasteiger partial charge in [-0.1, -0.05) is 15.9 Å². The molecule has 0 atom stereocenters. The number of ether oxygens (including phenoxy) is 1. The average molecular weight is 471 g/mol. The fourth-order valence-corrected chi connectivity index (χ4v) is 3.59. The number of carbonyl (C=O) groups excluding carboxylic acids is 1. The van der Waals surface area contributed by atoms with Gasteiger partial charge in [-0.2, -0.15) is 10.2 Å². The number of furan rings is 1. The van der Waals surface area contributed by atoms with Crippen molar-refractivity contribution >= 4 is 27.7 Å². The molecule has 3 aromatic rings. The summed E-state index contributed by atoms with van der Waals surface area (Å²) >= 11 is 3.38. The molecule has 0 aliphatic carbocycles. The molecular formula is C21H19BrN4O4. The molecule has 4 rings (SSSR count). The molecule has 0 spiro atoms. The lowest BCUT2D eigenvalue weighted by Gasteiger charge is -2.30. The van der Waals surface area contributed by atoms with Crippen LogP contribution in [0.3, 0.4) is 0 Å². The SMILES string of the molecule is N#Cc1nc(-c2ccc(COc3ccc(Br)cc3)o2)oc1N1CCC(C(N)=O)CC1. The summed E-state index contributed by atoms with van der Waals surface area (Å²) in [5.41, 5.74) is 5.57. The summed E-state index contributed by atoms with van der Waals surface area (Å²) in [7, 11) is 0. The fourth-order valence-electron chi connectivity index (χ4n) is 3.33. The predicted molar refractivity (Wildman–Crippen MR) is 112 cm³/mol. The van der Waals surface area contributed by atoms with Crippen molar-refractivity contribution in [1.29, 1.82) is 5.26 Å². The summed E-state index contributed by atoms with van der Waals surface area (Å²) in [6.07, 6.45) is 1.24. The van der Waals surface area contributed by atoms with Crippen molar-refractivity contribution in [3.05, 3.63) is 52.3 Å². The fraction of sp³-hybridized carbons (Fsp3) is 0.286. The number of aromatic nitrogens is 1. The van der Waals surface area contributed by atoms with Crippen molar-refractivity contribution in [2.75, 3.05) is 18.0 Å². The van der Waals surface area contributed by atoms with Gasteiger partial charge < -0.3 is 24.2 Å². The molecule has 0 saturated carbocycles. The van der Waals surface area contributed by atoms with E-state index in [-0.39, 0.29) is 30.0 Å². The first-order chi connectivity index (χ1) is 14.5. The van der Waals surface area contributed by atoms with Gasteiger partial charge in [-0.25, -0.2) is 0 Å². The molecule has 30 heavy (non-hydrogen) atoms. The maximum absolute atomic E-state index is 11.4. The Hall–Kier alpha value is -3.25. The van der Waals surface area contributed by atoms with Crippen LogP contribution in [-0.4, -0.2) is 24.0 Å². The van der Waals surface area contributed by atoms with Crippen LogP contribution in [0.5, 0.6) is 5.75 Å². The lowest BCUT2D eigenvalue weighted by Crippen LogP contribution is -2.38. The largest absolute Gasteiger partial charge is 0.486 e. The quantitative estimate of drug-likeness (QED) is 0.580. The van der Waals surface area contributed by atoms with Crippen molar-refractivity contribution in [2.45, 2.75) is 19.4 Å². The topological polar surface area (TPSA) is 119 Å². The highest BCUT2D eigenvalue weighted by molar-refractivity contribution is 9.10. The number of amides is 1. The number of nitrogens with zero attached hydrogens (tertiary/aromatic N) is 3. The van der Waals surface area contributed by atoms with E-state index in [0.717, 1.165) is 10.2 Å². The molecule has 1 amide bonds. The molecule has 2 aromatic heterocycles. The van der Waals surface area contributed by atoms with Gasteiger partial charge in [0.05, 0.1) is 0 Å². The Morgan fingerprint density at radius 3 is 2.63 bits per heavy atom. The Labute approximate surface area is 181 Å². The van der Waals surface area contributed by atoms with Crippen LogP contribution in [0, 0.1) is 17.2 Å². The highest BCUT2D eigenvalue weighted by Gasteiger charge is 2.28. The van der Waals surface area contributed by atoms with Gasteiger partial charge in [0.2, 0.25) is 17.5 Å². The highest BCUT2D eigenvalue weighted by Crippen LogP contribution is 2.32. The molecule has 0 unspecified atom stereocenters. The number of nitrogens with two attached hydrogens (primary N) is 1. The van der Waals surface area contributed by atoms with E-state index in [4.69, 9.17) is 19.3 Å². The molecule has 1 aromatic carbocycles. The molecule has 154 valence electrons. The number of carbonyl (C=O) groups is 1. The third-order valence-electron chi connectivity index (χ3n) is 4.97. The zero-order valence-corrected chi connectivity index (χ0v) is 17.6. The third-order valence-corrected chi connectivity index (χ3v) is 5.50. The summed E-state index contributed by atoms with van der Waals surface area (Å²) in [5.74, 6) is 1.93. The second-order valence-corrected chi connectivity index (χ2v) is 7.87. The van der Waals surface area contributed by atoms with Crippen LogP contribution in [-0.2, 0) is 11.4 Å². The number of hydrogen-bond acceptors (Lipinski definition) is 7. The number of anilines is 1. The first-order valence-electron chi connectivity index (χ1n) is 9.46. The Morgan fingerprint density at radius 2 is 1.97 bits per heavy atom. The number of halogens is 1. The van der Waals surface area contributed by atoms with Gasteiger partial charge >= 0.3 is 0 Å². The Morgan fingerprint density at radius 1 is 1.23 bits per heavy atom. The molecule has 3 heterocycles.